The lowest BCUT2D eigenvalue weighted by molar-refractivity contribution is 0.129. The Morgan fingerprint density at radius 3 is 2.67 bits per heavy atom. The van der Waals surface area contributed by atoms with Crippen molar-refractivity contribution in [3.63, 3.8) is 0 Å². The number of para-hydroxylation sites is 1. The molecule has 1 unspecified atom stereocenters. The van der Waals surface area contributed by atoms with Crippen LogP contribution in [-0.2, 0) is 15.8 Å². The van der Waals surface area contributed by atoms with E-state index in [-0.39, 0.29) is 11.9 Å². The highest BCUT2D eigenvalue weighted by atomic mass is 32.2. The highest BCUT2D eigenvalue weighted by Crippen LogP contribution is 2.22. The Kier molecular flexibility index (Phi) is 5.21. The Balaban J connectivity index is 1.67. The fourth-order valence-electron chi connectivity index (χ4n) is 3.05. The van der Waals surface area contributed by atoms with Crippen molar-refractivity contribution in [3.8, 4) is 5.75 Å². The van der Waals surface area contributed by atoms with E-state index in [0.717, 1.165) is 29.7 Å². The van der Waals surface area contributed by atoms with Crippen LogP contribution in [0, 0.1) is 6.92 Å². The maximum Gasteiger partial charge on any atom is 0.218 e. The van der Waals surface area contributed by atoms with Crippen molar-refractivity contribution < 1.29 is 13.2 Å². The summed E-state index contributed by atoms with van der Waals surface area (Å²) in [5, 5.41) is 0. The summed E-state index contributed by atoms with van der Waals surface area (Å²) in [7, 11) is -3.33. The second-order valence-corrected chi connectivity index (χ2v) is 8.27. The molecule has 0 bridgehead atoms. The molecule has 0 amide bonds. The zero-order chi connectivity index (χ0) is 17.0. The minimum absolute atomic E-state index is 0.0484. The van der Waals surface area contributed by atoms with Crippen LogP contribution in [0.2, 0.25) is 0 Å². The maximum atomic E-state index is 12.7. The summed E-state index contributed by atoms with van der Waals surface area (Å²) in [5.41, 5.74) is 1.91. The van der Waals surface area contributed by atoms with E-state index >= 15 is 0 Å². The second-order valence-electron chi connectivity index (χ2n) is 6.30. The molecule has 5 heteroatoms. The van der Waals surface area contributed by atoms with Crippen LogP contribution in [0.4, 0.5) is 0 Å². The first-order chi connectivity index (χ1) is 11.5. The van der Waals surface area contributed by atoms with E-state index in [9.17, 15) is 8.42 Å². The first-order valence-corrected chi connectivity index (χ1v) is 9.89. The van der Waals surface area contributed by atoms with Gasteiger partial charge in [-0.3, -0.25) is 0 Å². The third kappa shape index (κ3) is 4.36. The van der Waals surface area contributed by atoms with Crippen molar-refractivity contribution in [3.05, 3.63) is 65.7 Å². The Hall–Kier alpha value is -1.85. The highest BCUT2D eigenvalue weighted by Gasteiger charge is 2.30. The summed E-state index contributed by atoms with van der Waals surface area (Å²) < 4.78 is 33.0. The van der Waals surface area contributed by atoms with Gasteiger partial charge < -0.3 is 4.74 Å². The fraction of sp³-hybridized carbons (Fsp3) is 0.368. The van der Waals surface area contributed by atoms with Crippen LogP contribution in [0.5, 0.6) is 5.75 Å². The molecule has 1 saturated heterocycles. The minimum atomic E-state index is -3.33. The molecule has 1 fully saturated rings. The molecule has 0 N–H and O–H groups in total. The number of rotatable bonds is 5. The first-order valence-electron chi connectivity index (χ1n) is 8.28. The highest BCUT2D eigenvalue weighted by molar-refractivity contribution is 7.88. The van der Waals surface area contributed by atoms with E-state index in [1.165, 1.54) is 0 Å². The monoisotopic (exact) mass is 345 g/mol. The van der Waals surface area contributed by atoms with Crippen LogP contribution in [0.1, 0.15) is 24.0 Å². The summed E-state index contributed by atoms with van der Waals surface area (Å²) in [6.07, 6.45) is 1.61. The van der Waals surface area contributed by atoms with E-state index in [1.807, 2.05) is 61.5 Å². The molecule has 1 atom stereocenters. The number of benzene rings is 2. The van der Waals surface area contributed by atoms with Crippen molar-refractivity contribution in [2.45, 2.75) is 31.6 Å². The molecule has 0 aromatic heterocycles. The van der Waals surface area contributed by atoms with Gasteiger partial charge in [0.2, 0.25) is 10.0 Å². The third-order valence-electron chi connectivity index (χ3n) is 4.21. The van der Waals surface area contributed by atoms with Gasteiger partial charge in [0, 0.05) is 6.54 Å². The zero-order valence-electron chi connectivity index (χ0n) is 13.9. The molecule has 128 valence electrons. The van der Waals surface area contributed by atoms with E-state index in [2.05, 4.69) is 0 Å². The van der Waals surface area contributed by atoms with Crippen LogP contribution in [-0.4, -0.2) is 31.9 Å². The molecule has 1 aliphatic rings. The average molecular weight is 345 g/mol. The Morgan fingerprint density at radius 2 is 1.92 bits per heavy atom. The smallest absolute Gasteiger partial charge is 0.218 e. The van der Waals surface area contributed by atoms with Gasteiger partial charge >= 0.3 is 0 Å². The van der Waals surface area contributed by atoms with Crippen molar-refractivity contribution in [1.29, 1.82) is 0 Å². The summed E-state index contributed by atoms with van der Waals surface area (Å²) in [4.78, 5) is 0. The quantitative estimate of drug-likeness (QED) is 0.835. The lowest BCUT2D eigenvalue weighted by atomic mass is 10.1. The number of nitrogens with zero attached hydrogens (tertiary/aromatic N) is 1. The lowest BCUT2D eigenvalue weighted by Gasteiger charge is -2.32. The molecule has 2 aromatic carbocycles. The summed E-state index contributed by atoms with van der Waals surface area (Å²) in [6.45, 7) is 2.96. The van der Waals surface area contributed by atoms with E-state index in [1.54, 1.807) is 4.31 Å². The summed E-state index contributed by atoms with van der Waals surface area (Å²) in [5.74, 6) is 0.840. The zero-order valence-corrected chi connectivity index (χ0v) is 14.7. The number of sulfonamides is 1. The SMILES string of the molecule is Cc1cccc(CS(=O)(=O)N2CCCC(Oc3ccccc3)C2)c1. The number of aryl methyl sites for hydroxylation is 1. The predicted molar refractivity (Wildman–Crippen MR) is 95.5 cm³/mol. The molecule has 0 radical (unpaired) electrons. The average Bonchev–Trinajstić information content (AvgIpc) is 2.56. The van der Waals surface area contributed by atoms with Crippen LogP contribution in [0.25, 0.3) is 0 Å². The van der Waals surface area contributed by atoms with E-state index in [4.69, 9.17) is 4.74 Å². The van der Waals surface area contributed by atoms with Gasteiger partial charge in [-0.25, -0.2) is 8.42 Å². The molecule has 0 saturated carbocycles. The number of piperidine rings is 1. The predicted octanol–water partition coefficient (Wildman–Crippen LogP) is 3.37. The molecule has 0 aliphatic carbocycles. The van der Waals surface area contributed by atoms with E-state index < -0.39 is 10.0 Å². The Morgan fingerprint density at radius 1 is 1.12 bits per heavy atom. The number of ether oxygens (including phenoxy) is 1. The molecule has 24 heavy (non-hydrogen) atoms. The number of hydrogen-bond donors (Lipinski definition) is 0. The molecule has 2 aromatic rings. The van der Waals surface area contributed by atoms with Crippen molar-refractivity contribution in [1.82, 2.24) is 4.31 Å². The second kappa shape index (κ2) is 7.36. The molecular formula is C19H23NO3S. The minimum Gasteiger partial charge on any atom is -0.489 e. The topological polar surface area (TPSA) is 46.6 Å². The Bertz CT molecular complexity index is 774. The van der Waals surface area contributed by atoms with Crippen molar-refractivity contribution in [2.24, 2.45) is 0 Å². The van der Waals surface area contributed by atoms with Crippen LogP contribution >= 0.6 is 0 Å². The van der Waals surface area contributed by atoms with Gasteiger partial charge in [0.25, 0.3) is 0 Å². The van der Waals surface area contributed by atoms with Crippen LogP contribution in [0.3, 0.4) is 0 Å². The molecule has 0 spiro atoms. The first kappa shape index (κ1) is 17.0. The van der Waals surface area contributed by atoms with Gasteiger partial charge in [0.15, 0.2) is 0 Å². The van der Waals surface area contributed by atoms with Gasteiger partial charge in [-0.15, -0.1) is 0 Å². The third-order valence-corrected chi connectivity index (χ3v) is 6.03. The Labute approximate surface area is 144 Å². The summed E-state index contributed by atoms with van der Waals surface area (Å²) >= 11 is 0. The fourth-order valence-corrected chi connectivity index (χ4v) is 4.63. The van der Waals surface area contributed by atoms with Gasteiger partial charge in [-0.2, -0.15) is 4.31 Å². The molecular weight excluding hydrogens is 322 g/mol. The molecule has 3 rings (SSSR count). The van der Waals surface area contributed by atoms with Crippen LogP contribution < -0.4 is 4.74 Å². The lowest BCUT2D eigenvalue weighted by Crippen LogP contribution is -2.44. The molecule has 1 aliphatic heterocycles. The molecule has 1 heterocycles. The van der Waals surface area contributed by atoms with Crippen molar-refractivity contribution >= 4 is 10.0 Å². The maximum absolute atomic E-state index is 12.7. The van der Waals surface area contributed by atoms with Gasteiger partial charge in [-0.05, 0) is 37.5 Å². The normalized spacial score (nSPS) is 19.1. The number of hydrogen-bond acceptors (Lipinski definition) is 3. The van der Waals surface area contributed by atoms with Gasteiger partial charge in [0.1, 0.15) is 11.9 Å². The summed E-state index contributed by atoms with van der Waals surface area (Å²) in [6, 6.07) is 17.3. The largest absolute Gasteiger partial charge is 0.489 e. The van der Waals surface area contributed by atoms with Crippen molar-refractivity contribution in [2.75, 3.05) is 13.1 Å². The van der Waals surface area contributed by atoms with Gasteiger partial charge in [0.05, 0.1) is 12.3 Å². The standard InChI is InChI=1S/C19H23NO3S/c1-16-7-5-8-17(13-16)15-24(21,22)20-12-6-11-19(14-20)23-18-9-3-2-4-10-18/h2-5,7-10,13,19H,6,11-12,14-15H2,1H3. The van der Waals surface area contributed by atoms with Crippen LogP contribution in [0.15, 0.2) is 54.6 Å². The van der Waals surface area contributed by atoms with Gasteiger partial charge in [-0.1, -0.05) is 48.0 Å². The van der Waals surface area contributed by atoms with E-state index in [0.29, 0.717) is 13.1 Å². The molecule has 4 nitrogen and oxygen atoms in total.